The molecule has 2 aromatic rings. The van der Waals surface area contributed by atoms with Crippen LogP contribution in [0.3, 0.4) is 0 Å². The molecule has 0 unspecified atom stereocenters. The Kier molecular flexibility index (Phi) is 4.72. The van der Waals surface area contributed by atoms with E-state index in [2.05, 4.69) is 4.99 Å². The second-order valence-corrected chi connectivity index (χ2v) is 6.20. The van der Waals surface area contributed by atoms with E-state index in [0.29, 0.717) is 5.56 Å². The standard InChI is InChI=1S/C14H13N3O5S/c15-23(21,22)13-4-1-10(2-5-13)8-16-9-11-7-12(17(19)20)3-6-14(11)18/h1-7,9,18H,8H2,(H2,15,21,22)/p-1. The fraction of sp³-hybridized carbons (Fsp3) is 0.0714. The zero-order chi connectivity index (χ0) is 17.0. The molecule has 0 aliphatic rings. The van der Waals surface area contributed by atoms with E-state index in [1.807, 2.05) is 0 Å². The third kappa shape index (κ3) is 4.34. The maximum absolute atomic E-state index is 11.6. The number of hydrogen-bond donors (Lipinski definition) is 1. The first-order chi connectivity index (χ1) is 10.8. The minimum atomic E-state index is -3.75. The zero-order valence-corrected chi connectivity index (χ0v) is 12.6. The number of nitrogens with zero attached hydrogens (tertiary/aromatic N) is 2. The summed E-state index contributed by atoms with van der Waals surface area (Å²) >= 11 is 0. The molecule has 2 N–H and O–H groups in total. The molecule has 23 heavy (non-hydrogen) atoms. The van der Waals surface area contributed by atoms with Gasteiger partial charge in [-0.3, -0.25) is 15.1 Å². The van der Waals surface area contributed by atoms with E-state index in [0.717, 1.165) is 18.2 Å². The molecule has 0 aliphatic heterocycles. The van der Waals surface area contributed by atoms with Crippen molar-refractivity contribution in [3.63, 3.8) is 0 Å². The summed E-state index contributed by atoms with van der Waals surface area (Å²) in [5.41, 5.74) is 0.621. The number of non-ortho nitro benzene ring substituents is 1. The van der Waals surface area contributed by atoms with Gasteiger partial charge in [0.2, 0.25) is 10.0 Å². The molecule has 0 aromatic heterocycles. The van der Waals surface area contributed by atoms with Crippen LogP contribution in [0.5, 0.6) is 5.75 Å². The predicted molar refractivity (Wildman–Crippen MR) is 81.7 cm³/mol. The van der Waals surface area contributed by atoms with E-state index in [9.17, 15) is 23.6 Å². The molecule has 8 nitrogen and oxygen atoms in total. The fourth-order valence-corrected chi connectivity index (χ4v) is 2.30. The molecule has 0 atom stereocenters. The van der Waals surface area contributed by atoms with Crippen molar-refractivity contribution in [2.24, 2.45) is 10.1 Å². The number of benzene rings is 2. The minimum Gasteiger partial charge on any atom is -0.872 e. The molecule has 0 bridgehead atoms. The number of nitrogens with two attached hydrogens (primary N) is 1. The van der Waals surface area contributed by atoms with Crippen molar-refractivity contribution in [2.75, 3.05) is 0 Å². The van der Waals surface area contributed by atoms with Crippen LogP contribution in [-0.2, 0) is 16.6 Å². The molecule has 0 spiro atoms. The first-order valence-electron chi connectivity index (χ1n) is 6.34. The van der Waals surface area contributed by atoms with Gasteiger partial charge in [-0.15, -0.1) is 0 Å². The van der Waals surface area contributed by atoms with Gasteiger partial charge >= 0.3 is 0 Å². The molecule has 0 saturated carbocycles. The van der Waals surface area contributed by atoms with Gasteiger partial charge in [-0.2, -0.15) is 0 Å². The largest absolute Gasteiger partial charge is 0.872 e. The van der Waals surface area contributed by atoms with Gasteiger partial charge in [0.05, 0.1) is 16.4 Å². The Balaban J connectivity index is 2.13. The van der Waals surface area contributed by atoms with Gasteiger partial charge in [-0.25, -0.2) is 13.6 Å². The highest BCUT2D eigenvalue weighted by molar-refractivity contribution is 7.89. The Bertz CT molecular complexity index is 860. The lowest BCUT2D eigenvalue weighted by molar-refractivity contribution is -0.385. The lowest BCUT2D eigenvalue weighted by Crippen LogP contribution is -2.11. The lowest BCUT2D eigenvalue weighted by Gasteiger charge is -2.08. The van der Waals surface area contributed by atoms with Gasteiger partial charge in [0, 0.05) is 18.3 Å². The third-order valence-corrected chi connectivity index (χ3v) is 3.89. The van der Waals surface area contributed by atoms with E-state index < -0.39 is 14.9 Å². The summed E-state index contributed by atoms with van der Waals surface area (Å²) in [5.74, 6) is -0.371. The first kappa shape index (κ1) is 16.6. The number of sulfonamides is 1. The molecular formula is C14H12N3O5S-. The summed E-state index contributed by atoms with van der Waals surface area (Å²) in [5, 5.41) is 27.3. The summed E-state index contributed by atoms with van der Waals surface area (Å²) in [6.45, 7) is 0.188. The third-order valence-electron chi connectivity index (χ3n) is 2.96. The van der Waals surface area contributed by atoms with Gasteiger partial charge in [-0.05, 0) is 23.3 Å². The Labute approximate surface area is 132 Å². The zero-order valence-electron chi connectivity index (χ0n) is 11.7. The van der Waals surface area contributed by atoms with Crippen LogP contribution in [0.4, 0.5) is 5.69 Å². The average molecular weight is 334 g/mol. The number of nitro groups is 1. The van der Waals surface area contributed by atoms with Gasteiger partial charge in [0.15, 0.2) is 0 Å². The first-order valence-corrected chi connectivity index (χ1v) is 7.89. The molecule has 2 rings (SSSR count). The van der Waals surface area contributed by atoms with Crippen molar-refractivity contribution in [3.05, 3.63) is 63.7 Å². The molecule has 0 fully saturated rings. The molecule has 120 valence electrons. The van der Waals surface area contributed by atoms with Crippen molar-refractivity contribution >= 4 is 21.9 Å². The number of nitro benzene ring substituents is 1. The second kappa shape index (κ2) is 6.55. The van der Waals surface area contributed by atoms with Gasteiger partial charge < -0.3 is 5.11 Å². The number of rotatable bonds is 5. The van der Waals surface area contributed by atoms with E-state index in [-0.39, 0.29) is 28.4 Å². The fourth-order valence-electron chi connectivity index (χ4n) is 1.78. The molecule has 9 heteroatoms. The van der Waals surface area contributed by atoms with Crippen molar-refractivity contribution in [1.82, 2.24) is 0 Å². The molecular weight excluding hydrogens is 322 g/mol. The van der Waals surface area contributed by atoms with E-state index >= 15 is 0 Å². The van der Waals surface area contributed by atoms with E-state index in [1.165, 1.54) is 18.3 Å². The normalized spacial score (nSPS) is 11.7. The van der Waals surface area contributed by atoms with Crippen LogP contribution in [0.25, 0.3) is 0 Å². The second-order valence-electron chi connectivity index (χ2n) is 4.64. The maximum Gasteiger partial charge on any atom is 0.270 e. The molecule has 0 heterocycles. The molecule has 0 amide bonds. The SMILES string of the molecule is NS(=O)(=O)c1ccc(CN=Cc2cc([N+](=O)[O-])ccc2[O-])cc1. The van der Waals surface area contributed by atoms with E-state index in [1.54, 1.807) is 12.1 Å². The summed E-state index contributed by atoms with van der Waals surface area (Å²) in [7, 11) is -3.75. The molecule has 0 radical (unpaired) electrons. The van der Waals surface area contributed by atoms with Crippen LogP contribution in [0.15, 0.2) is 52.4 Å². The summed E-state index contributed by atoms with van der Waals surface area (Å²) in [6.07, 6.45) is 1.25. The van der Waals surface area contributed by atoms with Crippen molar-refractivity contribution in [1.29, 1.82) is 0 Å². The predicted octanol–water partition coefficient (Wildman–Crippen LogP) is 0.935. The quantitative estimate of drug-likeness (QED) is 0.492. The Hall–Kier alpha value is -2.78. The Morgan fingerprint density at radius 3 is 2.39 bits per heavy atom. The van der Waals surface area contributed by atoms with Crippen LogP contribution < -0.4 is 10.2 Å². The maximum atomic E-state index is 11.6. The van der Waals surface area contributed by atoms with E-state index in [4.69, 9.17) is 5.14 Å². The van der Waals surface area contributed by atoms with Crippen LogP contribution in [0.2, 0.25) is 0 Å². The molecule has 2 aromatic carbocycles. The highest BCUT2D eigenvalue weighted by Gasteiger charge is 2.07. The highest BCUT2D eigenvalue weighted by atomic mass is 32.2. The Morgan fingerprint density at radius 1 is 1.17 bits per heavy atom. The van der Waals surface area contributed by atoms with Gasteiger partial charge in [0.1, 0.15) is 0 Å². The number of hydrogen-bond acceptors (Lipinski definition) is 6. The van der Waals surface area contributed by atoms with Crippen LogP contribution in [-0.4, -0.2) is 19.6 Å². The lowest BCUT2D eigenvalue weighted by atomic mass is 10.2. The highest BCUT2D eigenvalue weighted by Crippen LogP contribution is 2.19. The van der Waals surface area contributed by atoms with Gasteiger partial charge in [-0.1, -0.05) is 23.9 Å². The van der Waals surface area contributed by atoms with Crippen molar-refractivity contribution in [2.45, 2.75) is 11.4 Å². The molecule has 0 aliphatic carbocycles. The molecule has 0 saturated heterocycles. The van der Waals surface area contributed by atoms with Crippen molar-refractivity contribution < 1.29 is 18.4 Å². The summed E-state index contributed by atoms with van der Waals surface area (Å²) in [6, 6.07) is 9.19. The Morgan fingerprint density at radius 2 is 1.83 bits per heavy atom. The van der Waals surface area contributed by atoms with Crippen LogP contribution in [0.1, 0.15) is 11.1 Å². The number of primary sulfonamides is 1. The monoisotopic (exact) mass is 334 g/mol. The average Bonchev–Trinajstić information content (AvgIpc) is 2.48. The van der Waals surface area contributed by atoms with Crippen LogP contribution >= 0.6 is 0 Å². The minimum absolute atomic E-state index is 0.00856. The van der Waals surface area contributed by atoms with Gasteiger partial charge in [0.25, 0.3) is 5.69 Å². The van der Waals surface area contributed by atoms with Crippen molar-refractivity contribution in [3.8, 4) is 5.75 Å². The number of aliphatic imine (C=N–C) groups is 1. The summed E-state index contributed by atoms with van der Waals surface area (Å²) in [4.78, 5) is 14.1. The smallest absolute Gasteiger partial charge is 0.270 e. The topological polar surface area (TPSA) is 139 Å². The van der Waals surface area contributed by atoms with Crippen LogP contribution in [0, 0.1) is 10.1 Å². The summed E-state index contributed by atoms with van der Waals surface area (Å²) < 4.78 is 22.3.